The largest absolute Gasteiger partial charge is 0.393 e. The Labute approximate surface area is 106 Å². The summed E-state index contributed by atoms with van der Waals surface area (Å²) in [7, 11) is 4.15. The molecule has 0 bridgehead atoms. The maximum Gasteiger partial charge on any atom is 0.0639 e. The van der Waals surface area contributed by atoms with Crippen molar-refractivity contribution in [1.82, 2.24) is 9.80 Å². The van der Waals surface area contributed by atoms with Gasteiger partial charge in [0.2, 0.25) is 0 Å². The zero-order valence-electron chi connectivity index (χ0n) is 11.9. The van der Waals surface area contributed by atoms with Crippen molar-refractivity contribution in [2.75, 3.05) is 40.3 Å². The third kappa shape index (κ3) is 12.1. The van der Waals surface area contributed by atoms with Crippen LogP contribution in [0.25, 0.3) is 0 Å². The van der Waals surface area contributed by atoms with E-state index in [1.165, 1.54) is 0 Å². The molecule has 0 aromatic rings. The van der Waals surface area contributed by atoms with Gasteiger partial charge in [0.05, 0.1) is 12.2 Å². The highest BCUT2D eigenvalue weighted by Gasteiger charge is 2.08. The molecule has 0 rings (SSSR count). The fraction of sp³-hybridized carbons (Fsp3) is 1.00. The second-order valence-corrected chi connectivity index (χ2v) is 5.30. The minimum absolute atomic E-state index is 0.217. The van der Waals surface area contributed by atoms with Gasteiger partial charge < -0.3 is 20.0 Å². The van der Waals surface area contributed by atoms with Crippen LogP contribution in [0.15, 0.2) is 0 Å². The lowest BCUT2D eigenvalue weighted by atomic mass is 10.2. The first-order valence-corrected chi connectivity index (χ1v) is 6.65. The van der Waals surface area contributed by atoms with E-state index in [-0.39, 0.29) is 12.2 Å². The highest BCUT2D eigenvalue weighted by molar-refractivity contribution is 4.63. The van der Waals surface area contributed by atoms with E-state index < -0.39 is 0 Å². The Kier molecular flexibility index (Phi) is 9.74. The highest BCUT2D eigenvalue weighted by atomic mass is 16.3. The molecule has 0 amide bonds. The molecule has 0 saturated carbocycles. The predicted molar refractivity (Wildman–Crippen MR) is 72.2 cm³/mol. The average Bonchev–Trinajstić information content (AvgIpc) is 2.15. The van der Waals surface area contributed by atoms with Crippen molar-refractivity contribution in [3.63, 3.8) is 0 Å². The van der Waals surface area contributed by atoms with Crippen molar-refractivity contribution < 1.29 is 10.2 Å². The maximum absolute atomic E-state index is 9.44. The summed E-state index contributed by atoms with van der Waals surface area (Å²) in [5.41, 5.74) is 0. The van der Waals surface area contributed by atoms with Crippen LogP contribution in [0.1, 0.15) is 33.1 Å². The molecule has 0 heterocycles. The average molecular weight is 246 g/mol. The zero-order valence-corrected chi connectivity index (χ0v) is 11.9. The summed E-state index contributed by atoms with van der Waals surface area (Å²) in [6.45, 7) is 7.44. The van der Waals surface area contributed by atoms with Crippen molar-refractivity contribution >= 4 is 0 Å². The smallest absolute Gasteiger partial charge is 0.0639 e. The third-order valence-corrected chi connectivity index (χ3v) is 2.70. The van der Waals surface area contributed by atoms with Crippen LogP contribution in [-0.2, 0) is 0 Å². The fourth-order valence-corrected chi connectivity index (χ4v) is 1.89. The molecule has 0 spiro atoms. The van der Waals surface area contributed by atoms with Gasteiger partial charge in [-0.1, -0.05) is 0 Å². The lowest BCUT2D eigenvalue weighted by Gasteiger charge is -2.24. The van der Waals surface area contributed by atoms with Crippen LogP contribution in [0.5, 0.6) is 0 Å². The fourth-order valence-electron chi connectivity index (χ4n) is 1.89. The molecular formula is C13H30N2O2. The molecule has 0 aromatic carbocycles. The van der Waals surface area contributed by atoms with E-state index >= 15 is 0 Å². The quantitative estimate of drug-likeness (QED) is 0.598. The SMILES string of the molecule is CC(O)CCCN(CCCN(C)C)CC(C)O. The molecule has 0 saturated heterocycles. The zero-order chi connectivity index (χ0) is 13.3. The number of hydrogen-bond donors (Lipinski definition) is 2. The van der Waals surface area contributed by atoms with Crippen LogP contribution < -0.4 is 0 Å². The third-order valence-electron chi connectivity index (χ3n) is 2.70. The first-order valence-electron chi connectivity index (χ1n) is 6.65. The summed E-state index contributed by atoms with van der Waals surface area (Å²) >= 11 is 0. The van der Waals surface area contributed by atoms with Crippen LogP contribution in [0.3, 0.4) is 0 Å². The molecule has 17 heavy (non-hydrogen) atoms. The van der Waals surface area contributed by atoms with Crippen molar-refractivity contribution in [2.45, 2.75) is 45.3 Å². The maximum atomic E-state index is 9.44. The standard InChI is InChI=1S/C13H30N2O2/c1-12(16)7-5-9-15(11-13(2)17)10-6-8-14(3)4/h12-13,16-17H,5-11H2,1-4H3. The first kappa shape index (κ1) is 16.8. The van der Waals surface area contributed by atoms with E-state index in [4.69, 9.17) is 0 Å². The summed E-state index contributed by atoms with van der Waals surface area (Å²) in [6.07, 6.45) is 2.45. The van der Waals surface area contributed by atoms with Crippen LogP contribution >= 0.6 is 0 Å². The van der Waals surface area contributed by atoms with Gasteiger partial charge in [0.1, 0.15) is 0 Å². The summed E-state index contributed by atoms with van der Waals surface area (Å²) in [4.78, 5) is 4.47. The Hall–Kier alpha value is -0.160. The van der Waals surface area contributed by atoms with Gasteiger partial charge in [-0.25, -0.2) is 0 Å². The molecular weight excluding hydrogens is 216 g/mol. The van der Waals surface area contributed by atoms with Crippen LogP contribution in [0, 0.1) is 0 Å². The summed E-state index contributed by atoms with van der Waals surface area (Å²) in [5, 5.41) is 18.7. The van der Waals surface area contributed by atoms with Crippen LogP contribution in [-0.4, -0.2) is 72.5 Å². The van der Waals surface area contributed by atoms with Gasteiger partial charge in [0.25, 0.3) is 0 Å². The molecule has 0 aliphatic heterocycles. The Morgan fingerprint density at radius 1 is 0.882 bits per heavy atom. The number of aliphatic hydroxyl groups excluding tert-OH is 2. The van der Waals surface area contributed by atoms with E-state index in [1.807, 2.05) is 13.8 Å². The molecule has 0 aliphatic rings. The van der Waals surface area contributed by atoms with Crippen molar-refractivity contribution in [2.24, 2.45) is 0 Å². The molecule has 0 aliphatic carbocycles. The number of rotatable bonds is 10. The molecule has 2 N–H and O–H groups in total. The molecule has 104 valence electrons. The molecule has 0 aromatic heterocycles. The number of hydrogen-bond acceptors (Lipinski definition) is 4. The Bertz CT molecular complexity index is 159. The topological polar surface area (TPSA) is 46.9 Å². The van der Waals surface area contributed by atoms with E-state index in [0.717, 1.165) is 45.4 Å². The molecule has 0 radical (unpaired) electrons. The van der Waals surface area contributed by atoms with Crippen molar-refractivity contribution in [1.29, 1.82) is 0 Å². The molecule has 4 heteroatoms. The van der Waals surface area contributed by atoms with Gasteiger partial charge in [-0.3, -0.25) is 0 Å². The summed E-state index contributed by atoms with van der Waals surface area (Å²) in [5.74, 6) is 0. The van der Waals surface area contributed by atoms with Gasteiger partial charge in [-0.15, -0.1) is 0 Å². The van der Waals surface area contributed by atoms with Gasteiger partial charge in [0.15, 0.2) is 0 Å². The Morgan fingerprint density at radius 2 is 1.47 bits per heavy atom. The lowest BCUT2D eigenvalue weighted by Crippen LogP contribution is -2.34. The summed E-state index contributed by atoms with van der Waals surface area (Å²) < 4.78 is 0. The highest BCUT2D eigenvalue weighted by Crippen LogP contribution is 2.02. The monoisotopic (exact) mass is 246 g/mol. The van der Waals surface area contributed by atoms with Gasteiger partial charge in [-0.05, 0) is 66.8 Å². The second-order valence-electron chi connectivity index (χ2n) is 5.30. The van der Waals surface area contributed by atoms with Gasteiger partial charge in [-0.2, -0.15) is 0 Å². The van der Waals surface area contributed by atoms with Gasteiger partial charge in [0, 0.05) is 6.54 Å². The van der Waals surface area contributed by atoms with Crippen LogP contribution in [0.4, 0.5) is 0 Å². The Morgan fingerprint density at radius 3 is 1.94 bits per heavy atom. The molecule has 4 nitrogen and oxygen atoms in total. The van der Waals surface area contributed by atoms with Crippen molar-refractivity contribution in [3.05, 3.63) is 0 Å². The van der Waals surface area contributed by atoms with Crippen LogP contribution in [0.2, 0.25) is 0 Å². The van der Waals surface area contributed by atoms with E-state index in [0.29, 0.717) is 0 Å². The number of nitrogens with zero attached hydrogens (tertiary/aromatic N) is 2. The van der Waals surface area contributed by atoms with Gasteiger partial charge >= 0.3 is 0 Å². The first-order chi connectivity index (χ1) is 7.91. The second kappa shape index (κ2) is 9.83. The molecule has 2 atom stereocenters. The number of aliphatic hydroxyl groups is 2. The van der Waals surface area contributed by atoms with E-state index in [2.05, 4.69) is 23.9 Å². The minimum atomic E-state index is -0.277. The molecule has 2 unspecified atom stereocenters. The van der Waals surface area contributed by atoms with E-state index in [1.54, 1.807) is 0 Å². The van der Waals surface area contributed by atoms with E-state index in [9.17, 15) is 10.2 Å². The normalized spacial score (nSPS) is 15.5. The lowest BCUT2D eigenvalue weighted by molar-refractivity contribution is 0.116. The molecule has 0 fully saturated rings. The minimum Gasteiger partial charge on any atom is -0.393 e. The van der Waals surface area contributed by atoms with Crippen molar-refractivity contribution in [3.8, 4) is 0 Å². The summed E-state index contributed by atoms with van der Waals surface area (Å²) in [6, 6.07) is 0. The Balaban J connectivity index is 3.79. The predicted octanol–water partition coefficient (Wildman–Crippen LogP) is 0.782.